The number of ether oxygens (including phenoxy) is 2. The second-order valence-electron chi connectivity index (χ2n) is 9.71. The molecular formula is C29H43N3O6S. The van der Waals surface area contributed by atoms with Crippen molar-refractivity contribution < 1.29 is 28.7 Å². The van der Waals surface area contributed by atoms with E-state index in [2.05, 4.69) is 17.6 Å². The molecule has 0 aromatic heterocycles. The van der Waals surface area contributed by atoms with E-state index in [1.165, 1.54) is 37.0 Å². The minimum atomic E-state index is -0.861. The van der Waals surface area contributed by atoms with Gasteiger partial charge in [-0.15, -0.1) is 0 Å². The summed E-state index contributed by atoms with van der Waals surface area (Å²) in [6.07, 6.45) is 9.41. The maximum atomic E-state index is 12.5. The predicted molar refractivity (Wildman–Crippen MR) is 153 cm³/mol. The molecular weight excluding hydrogens is 518 g/mol. The summed E-state index contributed by atoms with van der Waals surface area (Å²) in [6, 6.07) is 8.80. The lowest BCUT2D eigenvalue weighted by Crippen LogP contribution is -2.60. The van der Waals surface area contributed by atoms with E-state index in [4.69, 9.17) is 21.7 Å². The lowest BCUT2D eigenvalue weighted by molar-refractivity contribution is -0.147. The van der Waals surface area contributed by atoms with Crippen LogP contribution in [-0.4, -0.2) is 66.1 Å². The van der Waals surface area contributed by atoms with Crippen LogP contribution in [0.1, 0.15) is 83.1 Å². The van der Waals surface area contributed by atoms with E-state index >= 15 is 0 Å². The molecule has 1 heterocycles. The van der Waals surface area contributed by atoms with Gasteiger partial charge in [0.1, 0.15) is 6.04 Å². The third-order valence-electron chi connectivity index (χ3n) is 6.51. The number of piperazine rings is 1. The van der Waals surface area contributed by atoms with Crippen LogP contribution in [0.15, 0.2) is 30.3 Å². The molecule has 2 amide bonds. The van der Waals surface area contributed by atoms with Gasteiger partial charge in [0.25, 0.3) is 0 Å². The van der Waals surface area contributed by atoms with Gasteiger partial charge >= 0.3 is 11.9 Å². The van der Waals surface area contributed by atoms with Crippen LogP contribution in [0, 0.1) is 0 Å². The van der Waals surface area contributed by atoms with E-state index in [0.717, 1.165) is 24.8 Å². The topological polar surface area (TPSA) is 114 Å². The first-order valence-corrected chi connectivity index (χ1v) is 14.5. The predicted octanol–water partition coefficient (Wildman–Crippen LogP) is 3.83. The van der Waals surface area contributed by atoms with Crippen molar-refractivity contribution in [2.75, 3.05) is 26.3 Å². The Balaban J connectivity index is 1.66. The van der Waals surface area contributed by atoms with Crippen LogP contribution >= 0.6 is 12.2 Å². The molecule has 0 bridgehead atoms. The molecule has 0 radical (unpaired) electrons. The van der Waals surface area contributed by atoms with Gasteiger partial charge in [-0.25, -0.2) is 0 Å². The first-order chi connectivity index (χ1) is 18.9. The molecule has 1 aliphatic heterocycles. The molecule has 0 saturated carbocycles. The fourth-order valence-corrected chi connectivity index (χ4v) is 4.60. The number of thiocarbonyl (C=S) groups is 1. The zero-order valence-electron chi connectivity index (χ0n) is 23.1. The summed E-state index contributed by atoms with van der Waals surface area (Å²) in [7, 11) is 0. The zero-order chi connectivity index (χ0) is 28.3. The van der Waals surface area contributed by atoms with Crippen LogP contribution in [0.4, 0.5) is 0 Å². The lowest BCUT2D eigenvalue weighted by atomic mass is 10.1. The van der Waals surface area contributed by atoms with E-state index in [9.17, 15) is 19.2 Å². The summed E-state index contributed by atoms with van der Waals surface area (Å²) in [5.74, 6) is -1.75. The Morgan fingerprint density at radius 1 is 0.949 bits per heavy atom. The Hall–Kier alpha value is -3.01. The summed E-state index contributed by atoms with van der Waals surface area (Å²) in [5.41, 5.74) is 1.06. The number of nitrogens with one attached hydrogen (secondary N) is 2. The molecule has 0 spiro atoms. The van der Waals surface area contributed by atoms with Crippen molar-refractivity contribution in [1.82, 2.24) is 15.5 Å². The molecule has 1 atom stereocenters. The molecule has 1 aliphatic rings. The third kappa shape index (κ3) is 13.6. The SMILES string of the molecule is CCCCCCCCCCOC(=O)CC1C(=O)NCCN1C(=S)NC(=O)CCC(=O)OCCc1ccccc1. The van der Waals surface area contributed by atoms with Gasteiger partial charge < -0.3 is 25.0 Å². The average molecular weight is 562 g/mol. The van der Waals surface area contributed by atoms with Gasteiger partial charge in [0.15, 0.2) is 5.11 Å². The summed E-state index contributed by atoms with van der Waals surface area (Å²) >= 11 is 5.36. The second kappa shape index (κ2) is 19.1. The van der Waals surface area contributed by atoms with Gasteiger partial charge in [-0.1, -0.05) is 82.2 Å². The molecule has 0 aliphatic carbocycles. The number of unbranched alkanes of at least 4 members (excludes halogenated alkanes) is 7. The molecule has 216 valence electrons. The molecule has 2 rings (SSSR count). The monoisotopic (exact) mass is 561 g/mol. The molecule has 1 fully saturated rings. The molecule has 10 heteroatoms. The largest absolute Gasteiger partial charge is 0.466 e. The Bertz CT molecular complexity index is 927. The fourth-order valence-electron chi connectivity index (χ4n) is 4.27. The van der Waals surface area contributed by atoms with Crippen molar-refractivity contribution >= 4 is 41.1 Å². The van der Waals surface area contributed by atoms with Crippen molar-refractivity contribution in [2.45, 2.75) is 90.0 Å². The van der Waals surface area contributed by atoms with Crippen molar-refractivity contribution in [3.05, 3.63) is 35.9 Å². The number of hydrogen-bond donors (Lipinski definition) is 2. The molecule has 2 N–H and O–H groups in total. The highest BCUT2D eigenvalue weighted by molar-refractivity contribution is 7.80. The van der Waals surface area contributed by atoms with Gasteiger partial charge in [-0.2, -0.15) is 0 Å². The Kier molecular flexibility index (Phi) is 15.8. The molecule has 1 aromatic carbocycles. The Labute approximate surface area is 237 Å². The van der Waals surface area contributed by atoms with Crippen LogP contribution in [0.3, 0.4) is 0 Å². The number of rotatable bonds is 17. The van der Waals surface area contributed by atoms with Crippen molar-refractivity contribution in [1.29, 1.82) is 0 Å². The molecule has 39 heavy (non-hydrogen) atoms. The minimum absolute atomic E-state index is 0.0492. The van der Waals surface area contributed by atoms with Crippen LogP contribution in [0.25, 0.3) is 0 Å². The third-order valence-corrected chi connectivity index (χ3v) is 6.85. The van der Waals surface area contributed by atoms with Crippen LogP contribution in [0.5, 0.6) is 0 Å². The van der Waals surface area contributed by atoms with E-state index < -0.39 is 23.9 Å². The number of amides is 2. The number of benzene rings is 1. The van der Waals surface area contributed by atoms with Crippen molar-refractivity contribution in [3.63, 3.8) is 0 Å². The minimum Gasteiger partial charge on any atom is -0.466 e. The smallest absolute Gasteiger partial charge is 0.308 e. The summed E-state index contributed by atoms with van der Waals surface area (Å²) < 4.78 is 10.5. The normalized spacial score (nSPS) is 14.8. The maximum Gasteiger partial charge on any atom is 0.308 e. The molecule has 9 nitrogen and oxygen atoms in total. The quantitative estimate of drug-likeness (QED) is 0.168. The van der Waals surface area contributed by atoms with E-state index in [-0.39, 0.29) is 36.9 Å². The summed E-state index contributed by atoms with van der Waals surface area (Å²) in [6.45, 7) is 3.45. The molecule has 1 aromatic rings. The summed E-state index contributed by atoms with van der Waals surface area (Å²) in [4.78, 5) is 50.8. The average Bonchev–Trinajstić information content (AvgIpc) is 2.92. The number of hydrogen-bond acceptors (Lipinski definition) is 7. The van der Waals surface area contributed by atoms with E-state index in [1.807, 2.05) is 30.3 Å². The van der Waals surface area contributed by atoms with E-state index in [0.29, 0.717) is 26.1 Å². The number of esters is 2. The summed E-state index contributed by atoms with van der Waals surface area (Å²) in [5, 5.41) is 5.35. The molecule has 1 unspecified atom stereocenters. The maximum absolute atomic E-state index is 12.5. The zero-order valence-corrected chi connectivity index (χ0v) is 23.9. The Morgan fingerprint density at radius 3 is 2.33 bits per heavy atom. The van der Waals surface area contributed by atoms with Gasteiger partial charge in [-0.3, -0.25) is 19.2 Å². The van der Waals surface area contributed by atoms with Crippen molar-refractivity contribution in [3.8, 4) is 0 Å². The highest BCUT2D eigenvalue weighted by atomic mass is 32.1. The molecule has 1 saturated heterocycles. The van der Waals surface area contributed by atoms with Crippen molar-refractivity contribution in [2.24, 2.45) is 0 Å². The van der Waals surface area contributed by atoms with Gasteiger partial charge in [0.05, 0.1) is 26.1 Å². The van der Waals surface area contributed by atoms with Crippen LogP contribution < -0.4 is 10.6 Å². The first kappa shape index (κ1) is 32.2. The Morgan fingerprint density at radius 2 is 1.62 bits per heavy atom. The van der Waals surface area contributed by atoms with Gasteiger partial charge in [-0.05, 0) is 24.2 Å². The second-order valence-corrected chi connectivity index (χ2v) is 10.1. The van der Waals surface area contributed by atoms with Gasteiger partial charge in [0, 0.05) is 25.9 Å². The fraction of sp³-hybridized carbons (Fsp3) is 0.621. The number of nitrogens with zero attached hydrogens (tertiary/aromatic N) is 1. The lowest BCUT2D eigenvalue weighted by Gasteiger charge is -2.36. The first-order valence-electron chi connectivity index (χ1n) is 14.1. The van der Waals surface area contributed by atoms with Crippen LogP contribution in [0.2, 0.25) is 0 Å². The van der Waals surface area contributed by atoms with E-state index in [1.54, 1.807) is 0 Å². The van der Waals surface area contributed by atoms with Crippen LogP contribution in [-0.2, 0) is 35.1 Å². The highest BCUT2D eigenvalue weighted by Crippen LogP contribution is 2.12. The highest BCUT2D eigenvalue weighted by Gasteiger charge is 2.34. The van der Waals surface area contributed by atoms with Gasteiger partial charge in [0.2, 0.25) is 11.8 Å². The number of carbonyl (C=O) groups excluding carboxylic acids is 4. The standard InChI is InChI=1S/C29H43N3O6S/c1-2-3-4-5-6-7-8-12-20-37-27(35)22-24-28(36)30-18-19-32(24)29(39)31-25(33)15-16-26(34)38-21-17-23-13-10-9-11-14-23/h9-11,13-14,24H,2-8,12,15-22H2,1H3,(H,30,36)(H,31,33,39). The number of carbonyl (C=O) groups is 4.